The average Bonchev–Trinajstić information content (AvgIpc) is 2.69. The lowest BCUT2D eigenvalue weighted by Gasteiger charge is -2.36. The zero-order valence-electron chi connectivity index (χ0n) is 12.2. The van der Waals surface area contributed by atoms with Crippen LogP contribution in [0.5, 0.6) is 0 Å². The normalized spacial score (nSPS) is 18.3. The Morgan fingerprint density at radius 3 is 2.47 bits per heavy atom. The molecule has 1 fully saturated rings. The van der Waals surface area contributed by atoms with Gasteiger partial charge in [-0.25, -0.2) is 4.68 Å². The van der Waals surface area contributed by atoms with Crippen LogP contribution >= 0.6 is 0 Å². The van der Waals surface area contributed by atoms with Crippen molar-refractivity contribution in [1.82, 2.24) is 19.9 Å². The Bertz CT molecular complexity index is 430. The third-order valence-corrected chi connectivity index (χ3v) is 4.10. The number of ketones is 1. The molecule has 1 aliphatic rings. The van der Waals surface area contributed by atoms with Gasteiger partial charge in [0.05, 0.1) is 11.7 Å². The molecule has 0 unspecified atom stereocenters. The molecule has 0 bridgehead atoms. The molecule has 2 heterocycles. The summed E-state index contributed by atoms with van der Waals surface area (Å²) in [4.78, 5) is 15.1. The third-order valence-electron chi connectivity index (χ3n) is 4.10. The summed E-state index contributed by atoms with van der Waals surface area (Å²) in [6.45, 7) is 8.71. The van der Waals surface area contributed by atoms with Crippen molar-refractivity contribution in [2.24, 2.45) is 0 Å². The molecule has 5 heteroatoms. The highest BCUT2D eigenvalue weighted by Crippen LogP contribution is 2.24. The van der Waals surface area contributed by atoms with E-state index in [0.29, 0.717) is 12.2 Å². The maximum Gasteiger partial charge on any atom is 0.202 e. The summed E-state index contributed by atoms with van der Waals surface area (Å²) in [7, 11) is 0. The highest BCUT2D eigenvalue weighted by molar-refractivity contribution is 6.01. The van der Waals surface area contributed by atoms with E-state index in [1.54, 1.807) is 10.9 Å². The Hall–Kier alpha value is -1.23. The Morgan fingerprint density at radius 2 is 1.89 bits per heavy atom. The number of rotatable bonds is 4. The summed E-state index contributed by atoms with van der Waals surface area (Å²) in [5.74, 6) is 0.126. The number of aryl methyl sites for hydroxylation is 1. The molecule has 1 aromatic rings. The molecule has 0 aliphatic carbocycles. The number of hydrogen-bond acceptors (Lipinski definition) is 4. The van der Waals surface area contributed by atoms with Crippen LogP contribution < -0.4 is 0 Å². The first-order chi connectivity index (χ1) is 9.07. The van der Waals surface area contributed by atoms with E-state index in [2.05, 4.69) is 15.2 Å². The van der Waals surface area contributed by atoms with Gasteiger partial charge in [-0.2, -0.15) is 0 Å². The van der Waals surface area contributed by atoms with Gasteiger partial charge in [-0.1, -0.05) is 18.1 Å². The summed E-state index contributed by atoms with van der Waals surface area (Å²) in [5, 5.41) is 7.83. The molecule has 0 aromatic carbocycles. The second-order valence-electron chi connectivity index (χ2n) is 5.72. The van der Waals surface area contributed by atoms with Gasteiger partial charge in [-0.3, -0.25) is 9.69 Å². The second-order valence-corrected chi connectivity index (χ2v) is 5.72. The smallest absolute Gasteiger partial charge is 0.202 e. The molecule has 5 nitrogen and oxygen atoms in total. The van der Waals surface area contributed by atoms with Gasteiger partial charge in [0.1, 0.15) is 5.69 Å². The molecular weight excluding hydrogens is 240 g/mol. The van der Waals surface area contributed by atoms with Crippen molar-refractivity contribution in [1.29, 1.82) is 0 Å². The molecule has 0 N–H and O–H groups in total. The summed E-state index contributed by atoms with van der Waals surface area (Å²) >= 11 is 0. The molecule has 1 aliphatic heterocycles. The maximum absolute atomic E-state index is 12.8. The quantitative estimate of drug-likeness (QED) is 0.782. The van der Waals surface area contributed by atoms with Gasteiger partial charge in [-0.05, 0) is 46.7 Å². The van der Waals surface area contributed by atoms with Gasteiger partial charge in [-0.15, -0.1) is 5.10 Å². The molecule has 0 saturated carbocycles. The van der Waals surface area contributed by atoms with Crippen LogP contribution in [0.2, 0.25) is 0 Å². The number of hydrogen-bond donors (Lipinski definition) is 0. The molecule has 2 rings (SSSR count). The SMILES string of the molecule is CCn1nncc1C(=O)C(C)(C)N1CCCCCC1. The number of likely N-dealkylation sites (tertiary alicyclic amines) is 1. The van der Waals surface area contributed by atoms with Gasteiger partial charge in [0.25, 0.3) is 0 Å². The summed E-state index contributed by atoms with van der Waals surface area (Å²) < 4.78 is 1.68. The number of nitrogens with zero attached hydrogens (tertiary/aromatic N) is 4. The minimum Gasteiger partial charge on any atom is -0.291 e. The van der Waals surface area contributed by atoms with Crippen molar-refractivity contribution >= 4 is 5.78 Å². The van der Waals surface area contributed by atoms with Crippen LogP contribution in [0.25, 0.3) is 0 Å². The molecule has 1 saturated heterocycles. The van der Waals surface area contributed by atoms with Crippen molar-refractivity contribution in [3.8, 4) is 0 Å². The zero-order valence-corrected chi connectivity index (χ0v) is 12.2. The molecule has 1 aromatic heterocycles. The molecular formula is C14H24N4O. The van der Waals surface area contributed by atoms with E-state index in [1.165, 1.54) is 25.7 Å². The maximum atomic E-state index is 12.8. The van der Waals surface area contributed by atoms with E-state index in [4.69, 9.17) is 0 Å². The summed E-state index contributed by atoms with van der Waals surface area (Å²) in [5.41, 5.74) is 0.149. The van der Waals surface area contributed by atoms with E-state index >= 15 is 0 Å². The molecule has 0 radical (unpaired) electrons. The number of Topliss-reactive ketones (excluding diaryl/α,β-unsaturated/α-hetero) is 1. The predicted octanol–water partition coefficient (Wildman–Crippen LogP) is 2.14. The molecule has 0 amide bonds. The minimum absolute atomic E-state index is 0.126. The van der Waals surface area contributed by atoms with E-state index in [1.807, 2.05) is 20.8 Å². The topological polar surface area (TPSA) is 51.0 Å². The minimum atomic E-state index is -0.473. The number of aromatic nitrogens is 3. The van der Waals surface area contributed by atoms with E-state index in [9.17, 15) is 4.79 Å². The highest BCUT2D eigenvalue weighted by atomic mass is 16.1. The van der Waals surface area contributed by atoms with E-state index in [0.717, 1.165) is 13.1 Å². The monoisotopic (exact) mass is 264 g/mol. The van der Waals surface area contributed by atoms with Crippen LogP contribution in [0.4, 0.5) is 0 Å². The van der Waals surface area contributed by atoms with Gasteiger partial charge in [0, 0.05) is 6.54 Å². The lowest BCUT2D eigenvalue weighted by molar-refractivity contribution is 0.0638. The van der Waals surface area contributed by atoms with Crippen LogP contribution in [0.3, 0.4) is 0 Å². The van der Waals surface area contributed by atoms with Crippen molar-refractivity contribution in [2.75, 3.05) is 13.1 Å². The van der Waals surface area contributed by atoms with Crippen LogP contribution in [0.1, 0.15) is 56.9 Å². The van der Waals surface area contributed by atoms with E-state index < -0.39 is 5.54 Å². The molecule has 0 atom stereocenters. The zero-order chi connectivity index (χ0) is 13.9. The van der Waals surface area contributed by atoms with Gasteiger partial charge in [0.15, 0.2) is 0 Å². The Kier molecular flexibility index (Phi) is 4.34. The average molecular weight is 264 g/mol. The van der Waals surface area contributed by atoms with E-state index in [-0.39, 0.29) is 5.78 Å². The number of carbonyl (C=O) groups is 1. The molecule has 19 heavy (non-hydrogen) atoms. The first kappa shape index (κ1) is 14.2. The first-order valence-corrected chi connectivity index (χ1v) is 7.25. The second kappa shape index (κ2) is 5.82. The fourth-order valence-electron chi connectivity index (χ4n) is 2.75. The molecule has 106 valence electrons. The van der Waals surface area contributed by atoms with Crippen molar-refractivity contribution in [3.05, 3.63) is 11.9 Å². The first-order valence-electron chi connectivity index (χ1n) is 7.25. The number of carbonyl (C=O) groups excluding carboxylic acids is 1. The van der Waals surface area contributed by atoms with Crippen molar-refractivity contribution in [3.63, 3.8) is 0 Å². The predicted molar refractivity (Wildman–Crippen MR) is 74.1 cm³/mol. The standard InChI is InChI=1S/C14H24N4O/c1-4-18-12(11-15-16-18)13(19)14(2,3)17-9-7-5-6-8-10-17/h11H,4-10H2,1-3H3. The van der Waals surface area contributed by atoms with Gasteiger partial charge >= 0.3 is 0 Å². The Labute approximate surface area is 115 Å². The highest BCUT2D eigenvalue weighted by Gasteiger charge is 2.36. The summed E-state index contributed by atoms with van der Waals surface area (Å²) in [6.07, 6.45) is 6.50. The van der Waals surface area contributed by atoms with Crippen molar-refractivity contribution < 1.29 is 4.79 Å². The molecule has 0 spiro atoms. The Balaban J connectivity index is 2.20. The fraction of sp³-hybridized carbons (Fsp3) is 0.786. The largest absolute Gasteiger partial charge is 0.291 e. The van der Waals surface area contributed by atoms with Crippen LogP contribution in [0.15, 0.2) is 6.20 Å². The lowest BCUT2D eigenvalue weighted by Crippen LogP contribution is -2.51. The van der Waals surface area contributed by atoms with Crippen LogP contribution in [0, 0.1) is 0 Å². The third kappa shape index (κ3) is 2.86. The van der Waals surface area contributed by atoms with Gasteiger partial charge < -0.3 is 0 Å². The van der Waals surface area contributed by atoms with Crippen LogP contribution in [-0.4, -0.2) is 44.3 Å². The van der Waals surface area contributed by atoms with Crippen LogP contribution in [-0.2, 0) is 6.54 Å². The van der Waals surface area contributed by atoms with Gasteiger partial charge in [0.2, 0.25) is 5.78 Å². The summed E-state index contributed by atoms with van der Waals surface area (Å²) in [6, 6.07) is 0. The Morgan fingerprint density at radius 1 is 1.26 bits per heavy atom. The fourth-order valence-corrected chi connectivity index (χ4v) is 2.75. The van der Waals surface area contributed by atoms with Crippen molar-refractivity contribution in [2.45, 2.75) is 58.5 Å². The lowest BCUT2D eigenvalue weighted by atomic mass is 9.94.